The zero-order valence-electron chi connectivity index (χ0n) is 64.0. The lowest BCUT2D eigenvalue weighted by atomic mass is 10.0. The van der Waals surface area contributed by atoms with Crippen LogP contribution in [0.25, 0.3) is 0 Å². The molecule has 556 valence electrons. The molecule has 0 fully saturated rings. The molecular formula is C88H169NO5. The second-order valence-corrected chi connectivity index (χ2v) is 29.9. The lowest BCUT2D eigenvalue weighted by Crippen LogP contribution is -2.45. The molecule has 0 spiro atoms. The monoisotopic (exact) mass is 1320 g/mol. The van der Waals surface area contributed by atoms with Gasteiger partial charge in [-0.25, -0.2) is 0 Å². The molecule has 0 heterocycles. The molecule has 0 aromatic carbocycles. The van der Waals surface area contributed by atoms with E-state index in [1.807, 2.05) is 0 Å². The summed E-state index contributed by atoms with van der Waals surface area (Å²) in [5.74, 6) is -0.00607. The largest absolute Gasteiger partial charge is 0.466 e. The molecule has 0 aromatic heterocycles. The van der Waals surface area contributed by atoms with E-state index in [2.05, 4.69) is 55.6 Å². The van der Waals surface area contributed by atoms with Gasteiger partial charge in [-0.3, -0.25) is 9.59 Å². The lowest BCUT2D eigenvalue weighted by Gasteiger charge is -2.22. The quantitative estimate of drug-likeness (QED) is 0.0320. The first kappa shape index (κ1) is 92.1. The van der Waals surface area contributed by atoms with Crippen LogP contribution in [0.4, 0.5) is 0 Å². The Morgan fingerprint density at radius 3 is 0.819 bits per heavy atom. The Bertz CT molecular complexity index is 1520. The number of unbranched alkanes of at least 4 members (excludes halogenated alkanes) is 65. The summed E-state index contributed by atoms with van der Waals surface area (Å²) in [6.07, 6.45) is 110. The second kappa shape index (κ2) is 83.5. The molecule has 0 bridgehead atoms. The summed E-state index contributed by atoms with van der Waals surface area (Å²) in [4.78, 5) is 24.7. The summed E-state index contributed by atoms with van der Waals surface area (Å²) in [5.41, 5.74) is 0. The number of carbonyl (C=O) groups excluding carboxylic acids is 2. The highest BCUT2D eigenvalue weighted by molar-refractivity contribution is 5.76. The number of aliphatic hydroxyl groups excluding tert-OH is 2. The Hall–Kier alpha value is -1.92. The van der Waals surface area contributed by atoms with Crippen molar-refractivity contribution < 1.29 is 24.5 Å². The first-order valence-electron chi connectivity index (χ1n) is 43.2. The van der Waals surface area contributed by atoms with Crippen molar-refractivity contribution in [1.29, 1.82) is 0 Å². The Labute approximate surface area is 589 Å². The number of esters is 1. The fraction of sp³-hybridized carbons (Fsp3) is 0.909. The molecule has 0 aromatic rings. The van der Waals surface area contributed by atoms with E-state index in [4.69, 9.17) is 4.74 Å². The van der Waals surface area contributed by atoms with E-state index in [1.54, 1.807) is 0 Å². The van der Waals surface area contributed by atoms with E-state index in [9.17, 15) is 19.8 Å². The molecule has 0 radical (unpaired) electrons. The van der Waals surface area contributed by atoms with Crippen LogP contribution in [-0.4, -0.2) is 47.4 Å². The van der Waals surface area contributed by atoms with Gasteiger partial charge < -0.3 is 20.3 Å². The minimum atomic E-state index is -0.663. The van der Waals surface area contributed by atoms with Crippen molar-refractivity contribution in [2.45, 2.75) is 501 Å². The molecule has 94 heavy (non-hydrogen) atoms. The molecule has 2 unspecified atom stereocenters. The minimum Gasteiger partial charge on any atom is -0.466 e. The highest BCUT2D eigenvalue weighted by atomic mass is 16.5. The number of ether oxygens (including phenoxy) is 1. The fourth-order valence-corrected chi connectivity index (χ4v) is 13.8. The maximum Gasteiger partial charge on any atom is 0.305 e. The predicted octanol–water partition coefficient (Wildman–Crippen LogP) is 28.9. The van der Waals surface area contributed by atoms with E-state index in [0.717, 1.165) is 44.9 Å². The number of rotatable bonds is 82. The number of hydrogen-bond acceptors (Lipinski definition) is 5. The van der Waals surface area contributed by atoms with Crippen LogP contribution < -0.4 is 5.32 Å². The van der Waals surface area contributed by atoms with Gasteiger partial charge in [0.1, 0.15) is 0 Å². The standard InChI is InChI=1S/C88H169NO5/c1-3-5-7-9-11-13-15-17-19-21-44-48-52-56-60-64-68-72-76-80-86(91)85(84-90)89-87(92)81-77-73-69-65-61-57-53-49-46-42-40-38-36-34-32-30-28-26-24-23-25-27-29-31-33-35-37-39-41-43-47-51-55-59-63-67-71-75-79-83-94-88(93)82-78-74-70-66-62-58-54-50-45-22-20-18-16-14-12-10-8-6-4-2/h18,20,23-24,27,29,85-86,90-91H,3-17,19,21-22,25-26,28,30-84H2,1-2H3,(H,89,92)/b20-18-,24-23-,29-27-. The Balaban J connectivity index is 3.34. The van der Waals surface area contributed by atoms with Gasteiger partial charge in [0.25, 0.3) is 0 Å². The second-order valence-electron chi connectivity index (χ2n) is 29.9. The van der Waals surface area contributed by atoms with Gasteiger partial charge in [-0.2, -0.15) is 0 Å². The maximum absolute atomic E-state index is 12.6. The zero-order chi connectivity index (χ0) is 67.7. The van der Waals surface area contributed by atoms with Crippen molar-refractivity contribution in [2.24, 2.45) is 0 Å². The van der Waals surface area contributed by atoms with E-state index < -0.39 is 12.1 Å². The molecule has 1 amide bonds. The van der Waals surface area contributed by atoms with Crippen molar-refractivity contribution in [2.75, 3.05) is 13.2 Å². The van der Waals surface area contributed by atoms with Crippen LogP contribution in [0.1, 0.15) is 489 Å². The molecule has 6 heteroatoms. The SMILES string of the molecule is CCCCCCCC/C=C\CCCCCCCCCCCC(=O)OCCCCCCCCCCCCCCCCC/C=C\C/C=C\CCCCCCCCCCCCCCCCCCCC(=O)NC(CO)C(O)CCCCCCCCCCCCCCCCCCCCC. The highest BCUT2D eigenvalue weighted by Crippen LogP contribution is 2.20. The van der Waals surface area contributed by atoms with Gasteiger partial charge in [-0.05, 0) is 83.5 Å². The summed E-state index contributed by atoms with van der Waals surface area (Å²) >= 11 is 0. The van der Waals surface area contributed by atoms with Crippen LogP contribution in [0.3, 0.4) is 0 Å². The summed E-state index contributed by atoms with van der Waals surface area (Å²) in [7, 11) is 0. The van der Waals surface area contributed by atoms with Crippen molar-refractivity contribution in [1.82, 2.24) is 5.32 Å². The Morgan fingerprint density at radius 1 is 0.298 bits per heavy atom. The average molecular weight is 1320 g/mol. The van der Waals surface area contributed by atoms with Gasteiger partial charge in [-0.15, -0.1) is 0 Å². The summed E-state index contributed by atoms with van der Waals surface area (Å²) < 4.78 is 5.52. The Morgan fingerprint density at radius 2 is 0.532 bits per heavy atom. The molecule has 0 saturated carbocycles. The number of allylic oxidation sites excluding steroid dienone is 6. The molecular weight excluding hydrogens is 1150 g/mol. The van der Waals surface area contributed by atoms with E-state index in [-0.39, 0.29) is 18.5 Å². The van der Waals surface area contributed by atoms with Gasteiger partial charge in [0, 0.05) is 12.8 Å². The van der Waals surface area contributed by atoms with Crippen LogP contribution >= 0.6 is 0 Å². The van der Waals surface area contributed by atoms with E-state index in [0.29, 0.717) is 25.9 Å². The molecule has 0 aliphatic heterocycles. The average Bonchev–Trinajstić information content (AvgIpc) is 3.79. The molecule has 0 rings (SSSR count). The zero-order valence-corrected chi connectivity index (χ0v) is 64.0. The van der Waals surface area contributed by atoms with Crippen LogP contribution in [0, 0.1) is 0 Å². The summed E-state index contributed by atoms with van der Waals surface area (Å²) in [5, 5.41) is 23.4. The van der Waals surface area contributed by atoms with Gasteiger partial charge in [0.15, 0.2) is 0 Å². The third-order valence-corrected chi connectivity index (χ3v) is 20.4. The topological polar surface area (TPSA) is 95.9 Å². The van der Waals surface area contributed by atoms with Crippen LogP contribution in [0.15, 0.2) is 36.5 Å². The van der Waals surface area contributed by atoms with Gasteiger partial charge in [-0.1, -0.05) is 429 Å². The summed E-state index contributed by atoms with van der Waals surface area (Å²) in [6.45, 7) is 5.00. The molecule has 6 nitrogen and oxygen atoms in total. The van der Waals surface area contributed by atoms with Gasteiger partial charge in [0.05, 0.1) is 25.4 Å². The summed E-state index contributed by atoms with van der Waals surface area (Å²) in [6, 6.07) is -0.540. The van der Waals surface area contributed by atoms with Crippen molar-refractivity contribution in [3.05, 3.63) is 36.5 Å². The molecule has 0 aliphatic rings. The number of amides is 1. The van der Waals surface area contributed by atoms with Gasteiger partial charge >= 0.3 is 5.97 Å². The van der Waals surface area contributed by atoms with Crippen molar-refractivity contribution in [3.8, 4) is 0 Å². The van der Waals surface area contributed by atoms with Crippen LogP contribution in [0.2, 0.25) is 0 Å². The molecule has 3 N–H and O–H groups in total. The first-order chi connectivity index (χ1) is 46.5. The van der Waals surface area contributed by atoms with Crippen molar-refractivity contribution >= 4 is 11.9 Å². The number of hydrogen-bond donors (Lipinski definition) is 3. The minimum absolute atomic E-state index is 0.0209. The van der Waals surface area contributed by atoms with Gasteiger partial charge in [0.2, 0.25) is 5.91 Å². The third kappa shape index (κ3) is 79.1. The van der Waals surface area contributed by atoms with E-state index >= 15 is 0 Å². The smallest absolute Gasteiger partial charge is 0.305 e. The highest BCUT2D eigenvalue weighted by Gasteiger charge is 2.20. The lowest BCUT2D eigenvalue weighted by molar-refractivity contribution is -0.143. The molecule has 0 saturated heterocycles. The number of nitrogens with one attached hydrogen (secondary N) is 1. The predicted molar refractivity (Wildman–Crippen MR) is 416 cm³/mol. The fourth-order valence-electron chi connectivity index (χ4n) is 13.8. The normalized spacial score (nSPS) is 12.6. The van der Waals surface area contributed by atoms with Crippen LogP contribution in [-0.2, 0) is 14.3 Å². The van der Waals surface area contributed by atoms with Crippen molar-refractivity contribution in [3.63, 3.8) is 0 Å². The molecule has 2 atom stereocenters. The maximum atomic E-state index is 12.6. The molecule has 0 aliphatic carbocycles. The number of aliphatic hydroxyl groups is 2. The van der Waals surface area contributed by atoms with E-state index in [1.165, 1.54) is 411 Å². The first-order valence-corrected chi connectivity index (χ1v) is 43.2. The Kier molecular flexibility index (Phi) is 81.8. The number of carbonyl (C=O) groups is 2. The van der Waals surface area contributed by atoms with Crippen LogP contribution in [0.5, 0.6) is 0 Å². The third-order valence-electron chi connectivity index (χ3n) is 20.4.